The Labute approximate surface area is 74.9 Å². The number of carboxylic acid groups (broad SMARTS) is 1. The first kappa shape index (κ1) is 11.7. The van der Waals surface area contributed by atoms with Crippen molar-refractivity contribution < 1.29 is 19.8 Å². The van der Waals surface area contributed by atoms with Crippen molar-refractivity contribution in [3.63, 3.8) is 0 Å². The average molecular weight is 191 g/mol. The molecule has 7 nitrogen and oxygen atoms in total. The summed E-state index contributed by atoms with van der Waals surface area (Å²) in [6.07, 6.45) is -1.58. The van der Waals surface area contributed by atoms with Gasteiger partial charge in [-0.15, -0.1) is 0 Å². The Morgan fingerprint density at radius 3 is 2.46 bits per heavy atom. The lowest BCUT2D eigenvalue weighted by Crippen LogP contribution is -2.43. The summed E-state index contributed by atoms with van der Waals surface area (Å²) in [5.41, 5.74) is 5.09. The van der Waals surface area contributed by atoms with E-state index in [4.69, 9.17) is 15.9 Å². The molecule has 0 saturated heterocycles. The molecule has 0 aliphatic carbocycles. The Kier molecular flexibility index (Phi) is 5.57. The van der Waals surface area contributed by atoms with Crippen molar-refractivity contribution in [1.82, 2.24) is 10.6 Å². The third-order valence-electron chi connectivity index (χ3n) is 1.17. The summed E-state index contributed by atoms with van der Waals surface area (Å²) in [6.45, 7) is 0.273. The molecule has 0 spiro atoms. The number of urea groups is 1. The van der Waals surface area contributed by atoms with Gasteiger partial charge in [-0.25, -0.2) is 9.59 Å². The second kappa shape index (κ2) is 6.21. The van der Waals surface area contributed by atoms with E-state index in [1.807, 2.05) is 0 Å². The highest BCUT2D eigenvalue weighted by molar-refractivity contribution is 5.76. The number of carboxylic acids is 1. The number of carbonyl (C=O) groups is 2. The Morgan fingerprint density at radius 2 is 2.00 bits per heavy atom. The Hall–Kier alpha value is -1.34. The molecule has 0 radical (unpaired) electrons. The van der Waals surface area contributed by atoms with Crippen LogP contribution in [0.25, 0.3) is 0 Å². The normalized spacial score (nSPS) is 11.8. The van der Waals surface area contributed by atoms with Crippen LogP contribution in [0.4, 0.5) is 4.79 Å². The second-order valence-corrected chi connectivity index (χ2v) is 2.28. The van der Waals surface area contributed by atoms with Gasteiger partial charge in [0.1, 0.15) is 0 Å². The molecule has 1 unspecified atom stereocenters. The van der Waals surface area contributed by atoms with Crippen LogP contribution in [0, 0.1) is 0 Å². The SMILES string of the molecule is NCCNC(=O)NCC(O)C(=O)O. The number of aliphatic hydroxyl groups is 1. The van der Waals surface area contributed by atoms with Crippen molar-refractivity contribution in [2.75, 3.05) is 19.6 Å². The molecule has 76 valence electrons. The summed E-state index contributed by atoms with van der Waals surface area (Å²) >= 11 is 0. The van der Waals surface area contributed by atoms with Crippen LogP contribution in [0.15, 0.2) is 0 Å². The first-order valence-electron chi connectivity index (χ1n) is 3.70. The van der Waals surface area contributed by atoms with Crippen LogP contribution in [-0.2, 0) is 4.79 Å². The predicted molar refractivity (Wildman–Crippen MR) is 44.1 cm³/mol. The molecule has 0 saturated carbocycles. The minimum Gasteiger partial charge on any atom is -0.479 e. The molecule has 0 aromatic rings. The molecular formula is C6H13N3O4. The van der Waals surface area contributed by atoms with Gasteiger partial charge < -0.3 is 26.6 Å². The van der Waals surface area contributed by atoms with Crippen molar-refractivity contribution in [2.45, 2.75) is 6.10 Å². The first-order valence-corrected chi connectivity index (χ1v) is 3.70. The van der Waals surface area contributed by atoms with Crippen molar-refractivity contribution in [3.8, 4) is 0 Å². The van der Waals surface area contributed by atoms with Crippen LogP contribution in [-0.4, -0.2) is 48.0 Å². The zero-order valence-corrected chi connectivity index (χ0v) is 6.99. The van der Waals surface area contributed by atoms with Gasteiger partial charge in [0.2, 0.25) is 0 Å². The van der Waals surface area contributed by atoms with Crippen LogP contribution in [0.2, 0.25) is 0 Å². The second-order valence-electron chi connectivity index (χ2n) is 2.28. The Morgan fingerprint density at radius 1 is 1.38 bits per heavy atom. The predicted octanol–water partition coefficient (Wildman–Crippen LogP) is -2.31. The van der Waals surface area contributed by atoms with Crippen molar-refractivity contribution in [3.05, 3.63) is 0 Å². The van der Waals surface area contributed by atoms with Gasteiger partial charge in [-0.05, 0) is 0 Å². The van der Waals surface area contributed by atoms with Crippen molar-refractivity contribution in [1.29, 1.82) is 0 Å². The summed E-state index contributed by atoms with van der Waals surface area (Å²) in [5, 5.41) is 21.5. The Bertz CT molecular complexity index is 185. The van der Waals surface area contributed by atoms with E-state index in [0.29, 0.717) is 13.1 Å². The topological polar surface area (TPSA) is 125 Å². The van der Waals surface area contributed by atoms with E-state index < -0.39 is 18.1 Å². The molecule has 0 heterocycles. The fourth-order valence-corrected chi connectivity index (χ4v) is 0.525. The fraction of sp³-hybridized carbons (Fsp3) is 0.667. The number of nitrogens with two attached hydrogens (primary N) is 1. The maximum absolute atomic E-state index is 10.7. The molecule has 13 heavy (non-hydrogen) atoms. The van der Waals surface area contributed by atoms with E-state index in [1.54, 1.807) is 0 Å². The zero-order valence-electron chi connectivity index (χ0n) is 6.99. The van der Waals surface area contributed by atoms with Crippen LogP contribution in [0.1, 0.15) is 0 Å². The number of aliphatic carboxylic acids is 1. The van der Waals surface area contributed by atoms with Crippen molar-refractivity contribution >= 4 is 12.0 Å². The molecule has 0 aromatic heterocycles. The van der Waals surface area contributed by atoms with E-state index in [-0.39, 0.29) is 6.54 Å². The van der Waals surface area contributed by atoms with E-state index in [2.05, 4.69) is 10.6 Å². The molecule has 1 atom stereocenters. The van der Waals surface area contributed by atoms with E-state index >= 15 is 0 Å². The van der Waals surface area contributed by atoms with Crippen LogP contribution in [0.3, 0.4) is 0 Å². The molecule has 0 rings (SSSR count). The number of amides is 2. The average Bonchev–Trinajstić information content (AvgIpc) is 2.10. The van der Waals surface area contributed by atoms with E-state index in [9.17, 15) is 9.59 Å². The highest BCUT2D eigenvalue weighted by Crippen LogP contribution is 1.79. The largest absolute Gasteiger partial charge is 0.479 e. The monoisotopic (exact) mass is 191 g/mol. The van der Waals surface area contributed by atoms with E-state index in [0.717, 1.165) is 0 Å². The first-order chi connectivity index (χ1) is 6.07. The highest BCUT2D eigenvalue weighted by Gasteiger charge is 2.13. The molecule has 2 amide bonds. The molecular weight excluding hydrogens is 178 g/mol. The number of rotatable bonds is 5. The Balaban J connectivity index is 3.52. The number of carbonyl (C=O) groups excluding carboxylic acids is 1. The standard InChI is InChI=1S/C6H13N3O4/c7-1-2-8-6(13)9-3-4(10)5(11)12/h4,10H,1-3,7H2,(H,11,12)(H2,8,9,13). The summed E-state index contributed by atoms with van der Waals surface area (Å²) in [5.74, 6) is -1.38. The maximum atomic E-state index is 10.7. The zero-order chi connectivity index (χ0) is 10.3. The van der Waals surface area contributed by atoms with Gasteiger partial charge in [0.05, 0.1) is 6.54 Å². The van der Waals surface area contributed by atoms with Gasteiger partial charge in [-0.1, -0.05) is 0 Å². The molecule has 0 aromatic carbocycles. The number of nitrogens with one attached hydrogen (secondary N) is 2. The minimum absolute atomic E-state index is 0.301. The minimum atomic E-state index is -1.58. The maximum Gasteiger partial charge on any atom is 0.334 e. The van der Waals surface area contributed by atoms with Crippen LogP contribution < -0.4 is 16.4 Å². The van der Waals surface area contributed by atoms with Crippen LogP contribution >= 0.6 is 0 Å². The summed E-state index contributed by atoms with van der Waals surface area (Å²) < 4.78 is 0. The third-order valence-corrected chi connectivity index (χ3v) is 1.17. The number of hydrogen-bond donors (Lipinski definition) is 5. The molecule has 0 aliphatic rings. The molecule has 0 aliphatic heterocycles. The van der Waals surface area contributed by atoms with Gasteiger partial charge in [0.25, 0.3) is 0 Å². The fourth-order valence-electron chi connectivity index (χ4n) is 0.525. The smallest absolute Gasteiger partial charge is 0.334 e. The third kappa shape index (κ3) is 5.88. The van der Waals surface area contributed by atoms with E-state index in [1.165, 1.54) is 0 Å². The summed E-state index contributed by atoms with van der Waals surface area (Å²) in [7, 11) is 0. The highest BCUT2D eigenvalue weighted by atomic mass is 16.4. The molecule has 0 fully saturated rings. The van der Waals surface area contributed by atoms with Gasteiger partial charge in [0, 0.05) is 13.1 Å². The molecule has 6 N–H and O–H groups in total. The van der Waals surface area contributed by atoms with Crippen molar-refractivity contribution in [2.24, 2.45) is 5.73 Å². The lowest BCUT2D eigenvalue weighted by Gasteiger charge is -2.08. The molecule has 0 bridgehead atoms. The number of hydrogen-bond acceptors (Lipinski definition) is 4. The summed E-state index contributed by atoms with van der Waals surface area (Å²) in [4.78, 5) is 20.8. The van der Waals surface area contributed by atoms with Gasteiger partial charge in [-0.2, -0.15) is 0 Å². The number of aliphatic hydroxyl groups excluding tert-OH is 1. The van der Waals surface area contributed by atoms with Gasteiger partial charge in [0.15, 0.2) is 6.10 Å². The van der Waals surface area contributed by atoms with Gasteiger partial charge in [-0.3, -0.25) is 0 Å². The quantitative estimate of drug-likeness (QED) is 0.334. The lowest BCUT2D eigenvalue weighted by atomic mass is 10.4. The summed E-state index contributed by atoms with van der Waals surface area (Å²) in [6, 6.07) is -0.550. The van der Waals surface area contributed by atoms with Gasteiger partial charge >= 0.3 is 12.0 Å². The lowest BCUT2D eigenvalue weighted by molar-refractivity contribution is -0.146. The molecule has 7 heteroatoms. The van der Waals surface area contributed by atoms with Crippen LogP contribution in [0.5, 0.6) is 0 Å².